The van der Waals surface area contributed by atoms with Crippen molar-refractivity contribution in [1.82, 2.24) is 0 Å². The number of rotatable bonds is 1. The van der Waals surface area contributed by atoms with Gasteiger partial charge in [-0.1, -0.05) is 0 Å². The Balaban J connectivity index is 2.98. The maximum atomic E-state index is 11.3. The molecule has 0 atom stereocenters. The molecule has 1 aromatic heterocycles. The highest BCUT2D eigenvalue weighted by Gasteiger charge is 2.10. The minimum Gasteiger partial charge on any atom is -0.508 e. The van der Waals surface area contributed by atoms with E-state index in [1.807, 2.05) is 0 Å². The van der Waals surface area contributed by atoms with Crippen LogP contribution in [0.3, 0.4) is 0 Å². The standard InChI is InChI=1S/C12H10O4/c1-6-7(2)10(14)4-11-9(6)3-8(5-13)12(15)16-11/h3-5,14H,1-2H3. The number of carbonyl (C=O) groups excluding carboxylic acids is 1. The fourth-order valence-corrected chi connectivity index (χ4v) is 1.61. The Labute approximate surface area is 91.1 Å². The molecule has 0 amide bonds. The van der Waals surface area contributed by atoms with Crippen LogP contribution in [0.2, 0.25) is 0 Å². The summed E-state index contributed by atoms with van der Waals surface area (Å²) in [5.74, 6) is 0.0759. The van der Waals surface area contributed by atoms with Crippen LogP contribution in [0.4, 0.5) is 0 Å². The molecule has 4 heteroatoms. The summed E-state index contributed by atoms with van der Waals surface area (Å²) in [6.07, 6.45) is 0.465. The summed E-state index contributed by atoms with van der Waals surface area (Å²) in [5, 5.41) is 10.2. The fourth-order valence-electron chi connectivity index (χ4n) is 1.61. The summed E-state index contributed by atoms with van der Waals surface area (Å²) < 4.78 is 4.95. The zero-order valence-corrected chi connectivity index (χ0v) is 8.90. The number of phenolic OH excluding ortho intramolecular Hbond substituents is 1. The van der Waals surface area contributed by atoms with Gasteiger partial charge in [-0.15, -0.1) is 0 Å². The Morgan fingerprint density at radius 3 is 2.56 bits per heavy atom. The molecule has 0 unspecified atom stereocenters. The molecule has 16 heavy (non-hydrogen) atoms. The fraction of sp³-hybridized carbons (Fsp3) is 0.167. The first-order valence-electron chi connectivity index (χ1n) is 4.77. The van der Waals surface area contributed by atoms with Gasteiger partial charge in [0.15, 0.2) is 6.29 Å². The number of fused-ring (bicyclic) bond motifs is 1. The van der Waals surface area contributed by atoms with E-state index in [2.05, 4.69) is 0 Å². The Kier molecular flexibility index (Phi) is 2.27. The van der Waals surface area contributed by atoms with Gasteiger partial charge in [-0.25, -0.2) is 4.79 Å². The number of aromatic hydroxyl groups is 1. The summed E-state index contributed by atoms with van der Waals surface area (Å²) in [6, 6.07) is 2.86. The third-order valence-corrected chi connectivity index (χ3v) is 2.75. The Hall–Kier alpha value is -2.10. The van der Waals surface area contributed by atoms with E-state index in [-0.39, 0.29) is 16.9 Å². The van der Waals surface area contributed by atoms with E-state index >= 15 is 0 Å². The molecule has 0 bridgehead atoms. The van der Waals surface area contributed by atoms with Gasteiger partial charge in [-0.3, -0.25) is 4.79 Å². The average Bonchev–Trinajstić information content (AvgIpc) is 2.26. The van der Waals surface area contributed by atoms with Gasteiger partial charge in [0.2, 0.25) is 0 Å². The number of aldehydes is 1. The monoisotopic (exact) mass is 218 g/mol. The highest BCUT2D eigenvalue weighted by molar-refractivity contribution is 5.88. The quantitative estimate of drug-likeness (QED) is 0.586. The molecule has 1 heterocycles. The molecule has 0 saturated carbocycles. The van der Waals surface area contributed by atoms with Crippen LogP contribution in [0.25, 0.3) is 11.0 Å². The Bertz CT molecular complexity index is 637. The molecule has 0 fully saturated rings. The minimum absolute atomic E-state index is 0.0133. The molecule has 0 aliphatic carbocycles. The van der Waals surface area contributed by atoms with Crippen LogP contribution >= 0.6 is 0 Å². The normalized spacial score (nSPS) is 10.6. The first-order chi connectivity index (χ1) is 7.54. The molecular weight excluding hydrogens is 208 g/mol. The Morgan fingerprint density at radius 1 is 1.25 bits per heavy atom. The SMILES string of the molecule is Cc1c(O)cc2oc(=O)c(C=O)cc2c1C. The molecule has 1 aromatic carbocycles. The molecule has 0 aliphatic heterocycles. The van der Waals surface area contributed by atoms with Gasteiger partial charge in [0, 0.05) is 11.5 Å². The topological polar surface area (TPSA) is 67.5 Å². The summed E-state index contributed by atoms with van der Waals surface area (Å²) in [5.41, 5.74) is 1.09. The van der Waals surface area contributed by atoms with Crippen molar-refractivity contribution in [2.75, 3.05) is 0 Å². The number of hydrogen-bond acceptors (Lipinski definition) is 4. The summed E-state index contributed by atoms with van der Waals surface area (Å²) in [7, 11) is 0. The van der Waals surface area contributed by atoms with Gasteiger partial charge >= 0.3 is 5.63 Å². The van der Waals surface area contributed by atoms with Crippen LogP contribution in [-0.2, 0) is 0 Å². The van der Waals surface area contributed by atoms with Gasteiger partial charge < -0.3 is 9.52 Å². The molecule has 2 rings (SSSR count). The van der Waals surface area contributed by atoms with Crippen molar-refractivity contribution in [3.05, 3.63) is 39.2 Å². The van der Waals surface area contributed by atoms with Crippen molar-refractivity contribution in [1.29, 1.82) is 0 Å². The van der Waals surface area contributed by atoms with Gasteiger partial charge in [0.05, 0.1) is 0 Å². The van der Waals surface area contributed by atoms with Crippen molar-refractivity contribution in [2.45, 2.75) is 13.8 Å². The number of benzene rings is 1. The summed E-state index contributed by atoms with van der Waals surface area (Å²) in [4.78, 5) is 21.9. The second kappa shape index (κ2) is 3.48. The van der Waals surface area contributed by atoms with Crippen LogP contribution < -0.4 is 5.63 Å². The second-order valence-corrected chi connectivity index (χ2v) is 3.66. The molecule has 2 aromatic rings. The van der Waals surface area contributed by atoms with Gasteiger partial charge in [-0.2, -0.15) is 0 Å². The Morgan fingerprint density at radius 2 is 1.94 bits per heavy atom. The smallest absolute Gasteiger partial charge is 0.346 e. The van der Waals surface area contributed by atoms with Crippen LogP contribution in [0, 0.1) is 13.8 Å². The van der Waals surface area contributed by atoms with E-state index in [1.54, 1.807) is 13.8 Å². The van der Waals surface area contributed by atoms with Crippen LogP contribution in [-0.4, -0.2) is 11.4 Å². The lowest BCUT2D eigenvalue weighted by atomic mass is 10.0. The zero-order valence-electron chi connectivity index (χ0n) is 8.90. The van der Waals surface area contributed by atoms with Crippen molar-refractivity contribution in [3.8, 4) is 5.75 Å². The lowest BCUT2D eigenvalue weighted by Crippen LogP contribution is -2.06. The third-order valence-electron chi connectivity index (χ3n) is 2.75. The van der Waals surface area contributed by atoms with E-state index < -0.39 is 5.63 Å². The molecule has 0 radical (unpaired) electrons. The largest absolute Gasteiger partial charge is 0.508 e. The minimum atomic E-state index is -0.690. The zero-order chi connectivity index (χ0) is 11.9. The van der Waals surface area contributed by atoms with Crippen molar-refractivity contribution in [3.63, 3.8) is 0 Å². The third kappa shape index (κ3) is 1.39. The van der Waals surface area contributed by atoms with Crippen molar-refractivity contribution < 1.29 is 14.3 Å². The predicted molar refractivity (Wildman–Crippen MR) is 59.0 cm³/mol. The molecular formula is C12H10O4. The molecule has 1 N–H and O–H groups in total. The number of aryl methyl sites for hydroxylation is 1. The molecule has 4 nitrogen and oxygen atoms in total. The molecule has 0 aliphatic rings. The maximum absolute atomic E-state index is 11.3. The number of phenols is 1. The van der Waals surface area contributed by atoms with E-state index in [4.69, 9.17) is 4.42 Å². The lowest BCUT2D eigenvalue weighted by Gasteiger charge is -2.07. The van der Waals surface area contributed by atoms with Gasteiger partial charge in [-0.05, 0) is 31.0 Å². The number of hydrogen-bond donors (Lipinski definition) is 1. The summed E-state index contributed by atoms with van der Waals surface area (Å²) in [6.45, 7) is 3.56. The van der Waals surface area contributed by atoms with Gasteiger partial charge in [0.1, 0.15) is 16.9 Å². The molecule has 82 valence electrons. The van der Waals surface area contributed by atoms with E-state index in [9.17, 15) is 14.7 Å². The van der Waals surface area contributed by atoms with Crippen LogP contribution in [0.15, 0.2) is 21.3 Å². The predicted octanol–water partition coefficient (Wildman–Crippen LogP) is 1.93. The molecule has 0 spiro atoms. The number of carbonyl (C=O) groups is 1. The maximum Gasteiger partial charge on any atom is 0.346 e. The van der Waals surface area contributed by atoms with E-state index in [1.165, 1.54) is 12.1 Å². The summed E-state index contributed by atoms with van der Waals surface area (Å²) >= 11 is 0. The lowest BCUT2D eigenvalue weighted by molar-refractivity contribution is 0.112. The average molecular weight is 218 g/mol. The van der Waals surface area contributed by atoms with E-state index in [0.717, 1.165) is 5.56 Å². The van der Waals surface area contributed by atoms with Crippen LogP contribution in [0.5, 0.6) is 5.75 Å². The highest BCUT2D eigenvalue weighted by Crippen LogP contribution is 2.28. The van der Waals surface area contributed by atoms with Crippen LogP contribution in [0.1, 0.15) is 21.5 Å². The van der Waals surface area contributed by atoms with Crippen molar-refractivity contribution in [2.24, 2.45) is 0 Å². The van der Waals surface area contributed by atoms with Gasteiger partial charge in [0.25, 0.3) is 0 Å². The van der Waals surface area contributed by atoms with E-state index in [0.29, 0.717) is 17.2 Å². The first kappa shape index (κ1) is 10.4. The highest BCUT2D eigenvalue weighted by atomic mass is 16.4. The molecule has 0 saturated heterocycles. The van der Waals surface area contributed by atoms with Crippen molar-refractivity contribution >= 4 is 17.3 Å². The first-order valence-corrected chi connectivity index (χ1v) is 4.77. The second-order valence-electron chi connectivity index (χ2n) is 3.66.